The summed E-state index contributed by atoms with van der Waals surface area (Å²) in [7, 11) is 2.96. The molecule has 0 atom stereocenters. The van der Waals surface area contributed by atoms with Gasteiger partial charge in [0.1, 0.15) is 6.54 Å². The van der Waals surface area contributed by atoms with Gasteiger partial charge in [0.2, 0.25) is 5.91 Å². The Labute approximate surface area is 180 Å². The summed E-state index contributed by atoms with van der Waals surface area (Å²) in [4.78, 5) is 44.1. The van der Waals surface area contributed by atoms with Gasteiger partial charge in [-0.25, -0.2) is 9.78 Å². The summed E-state index contributed by atoms with van der Waals surface area (Å²) in [6.45, 7) is 2.30. The number of likely N-dealkylation sites (N-methyl/N-ethyl adjacent to an activating group) is 1. The summed E-state index contributed by atoms with van der Waals surface area (Å²) in [5.74, 6) is -0.179. The Morgan fingerprint density at radius 3 is 2.50 bits per heavy atom. The molecular formula is C21H20BrN5O3. The van der Waals surface area contributed by atoms with Gasteiger partial charge in [0.15, 0.2) is 15.9 Å². The first-order valence-electron chi connectivity index (χ1n) is 9.45. The molecule has 4 aromatic rings. The first-order valence-corrected chi connectivity index (χ1v) is 10.2. The van der Waals surface area contributed by atoms with Gasteiger partial charge in [-0.2, -0.15) is 0 Å². The van der Waals surface area contributed by atoms with Gasteiger partial charge < -0.3 is 4.90 Å². The Bertz CT molecular complexity index is 1410. The van der Waals surface area contributed by atoms with Crippen LogP contribution in [0.2, 0.25) is 0 Å². The number of hydrogen-bond donors (Lipinski definition) is 0. The summed E-state index contributed by atoms with van der Waals surface area (Å²) < 4.78 is 4.20. The fraction of sp³-hybridized carbons (Fsp3) is 0.238. The zero-order valence-electron chi connectivity index (χ0n) is 16.8. The van der Waals surface area contributed by atoms with Crippen LogP contribution in [0.3, 0.4) is 0 Å². The highest BCUT2D eigenvalue weighted by molar-refractivity contribution is 9.10. The molecule has 30 heavy (non-hydrogen) atoms. The maximum Gasteiger partial charge on any atom is 0.332 e. The van der Waals surface area contributed by atoms with Crippen molar-refractivity contribution < 1.29 is 4.79 Å². The normalized spacial score (nSPS) is 11.3. The van der Waals surface area contributed by atoms with E-state index in [-0.39, 0.29) is 18.0 Å². The number of fused-ring (bicyclic) bond motifs is 2. The predicted molar refractivity (Wildman–Crippen MR) is 120 cm³/mol. The van der Waals surface area contributed by atoms with Crippen molar-refractivity contribution in [1.29, 1.82) is 0 Å². The molecule has 0 spiro atoms. The van der Waals surface area contributed by atoms with Crippen LogP contribution in [0.5, 0.6) is 0 Å². The summed E-state index contributed by atoms with van der Waals surface area (Å²) >= 11 is 3.34. The lowest BCUT2D eigenvalue weighted by Gasteiger charge is -2.23. The van der Waals surface area contributed by atoms with E-state index < -0.39 is 11.2 Å². The molecule has 2 heterocycles. The summed E-state index contributed by atoms with van der Waals surface area (Å²) in [5, 5.41) is 2.02. The molecule has 2 aromatic carbocycles. The zero-order chi connectivity index (χ0) is 21.6. The maximum absolute atomic E-state index is 13.3. The summed E-state index contributed by atoms with van der Waals surface area (Å²) in [5.41, 5.74) is 0.270. The number of hydrogen-bond acceptors (Lipinski definition) is 4. The highest BCUT2D eigenvalue weighted by Crippen LogP contribution is 2.27. The smallest absolute Gasteiger partial charge is 0.311 e. The topological polar surface area (TPSA) is 82.1 Å². The van der Waals surface area contributed by atoms with Crippen molar-refractivity contribution in [1.82, 2.24) is 18.7 Å². The second kappa shape index (κ2) is 7.56. The molecule has 154 valence electrons. The average Bonchev–Trinajstić information content (AvgIpc) is 3.07. The van der Waals surface area contributed by atoms with Crippen molar-refractivity contribution in [2.75, 3.05) is 11.4 Å². The summed E-state index contributed by atoms with van der Waals surface area (Å²) in [6, 6.07) is 13.7. The lowest BCUT2D eigenvalue weighted by Crippen LogP contribution is -2.38. The van der Waals surface area contributed by atoms with Crippen molar-refractivity contribution in [3.05, 3.63) is 68.0 Å². The molecule has 0 radical (unpaired) electrons. The van der Waals surface area contributed by atoms with Crippen molar-refractivity contribution in [3.8, 4) is 0 Å². The minimum atomic E-state index is -0.499. The predicted octanol–water partition coefficient (Wildman–Crippen LogP) is 2.40. The van der Waals surface area contributed by atoms with Crippen molar-refractivity contribution in [2.24, 2.45) is 14.1 Å². The highest BCUT2D eigenvalue weighted by Gasteiger charge is 2.22. The standard InChI is InChI=1S/C21H20BrN5O3/c1-4-26(15-11-7-9-13-8-5-6-10-14(13)15)16(28)12-27-18-17(23-20(27)22)19(29)25(3)21(30)24(18)2/h5-11H,4,12H2,1-3H3. The van der Waals surface area contributed by atoms with Crippen molar-refractivity contribution in [2.45, 2.75) is 13.5 Å². The highest BCUT2D eigenvalue weighted by atomic mass is 79.9. The Balaban J connectivity index is 1.82. The number of rotatable bonds is 4. The Kier molecular flexibility index (Phi) is 5.07. The van der Waals surface area contributed by atoms with Gasteiger partial charge in [-0.3, -0.25) is 23.3 Å². The molecule has 0 aliphatic rings. The minimum Gasteiger partial charge on any atom is -0.311 e. The van der Waals surface area contributed by atoms with Crippen LogP contribution >= 0.6 is 15.9 Å². The minimum absolute atomic E-state index is 0.0748. The van der Waals surface area contributed by atoms with E-state index in [4.69, 9.17) is 0 Å². The number of amides is 1. The Hall–Kier alpha value is -3.20. The molecule has 9 heteroatoms. The van der Waals surface area contributed by atoms with Gasteiger partial charge in [0.05, 0.1) is 5.69 Å². The van der Waals surface area contributed by atoms with Crippen molar-refractivity contribution in [3.63, 3.8) is 0 Å². The van der Waals surface area contributed by atoms with Gasteiger partial charge in [0.25, 0.3) is 5.56 Å². The fourth-order valence-electron chi connectivity index (χ4n) is 3.75. The second-order valence-electron chi connectivity index (χ2n) is 6.98. The number of carbonyl (C=O) groups is 1. The molecule has 0 aliphatic carbocycles. The molecule has 0 saturated heterocycles. The fourth-order valence-corrected chi connectivity index (χ4v) is 4.22. The molecule has 0 bridgehead atoms. The molecule has 0 saturated carbocycles. The van der Waals surface area contributed by atoms with Crippen LogP contribution in [-0.4, -0.2) is 31.1 Å². The number of anilines is 1. The molecule has 1 amide bonds. The van der Waals surface area contributed by atoms with Crippen LogP contribution in [0, 0.1) is 0 Å². The van der Waals surface area contributed by atoms with Gasteiger partial charge in [-0.05, 0) is 34.3 Å². The number of halogens is 1. The Morgan fingerprint density at radius 1 is 1.07 bits per heavy atom. The molecule has 0 aliphatic heterocycles. The molecule has 0 fully saturated rings. The number of nitrogens with zero attached hydrogens (tertiary/aromatic N) is 5. The monoisotopic (exact) mass is 469 g/mol. The van der Waals surface area contributed by atoms with Crippen LogP contribution in [0.4, 0.5) is 5.69 Å². The van der Waals surface area contributed by atoms with E-state index in [0.717, 1.165) is 21.0 Å². The van der Waals surface area contributed by atoms with Crippen LogP contribution in [0.1, 0.15) is 6.92 Å². The molecule has 0 N–H and O–H groups in total. The number of aromatic nitrogens is 4. The van der Waals surface area contributed by atoms with E-state index in [2.05, 4.69) is 20.9 Å². The zero-order valence-corrected chi connectivity index (χ0v) is 18.4. The number of carbonyl (C=O) groups excluding carboxylic acids is 1. The average molecular weight is 470 g/mol. The van der Waals surface area contributed by atoms with E-state index >= 15 is 0 Å². The molecular weight excluding hydrogens is 450 g/mol. The van der Waals surface area contributed by atoms with Gasteiger partial charge in [-0.1, -0.05) is 36.4 Å². The number of aryl methyl sites for hydroxylation is 1. The lowest BCUT2D eigenvalue weighted by atomic mass is 10.1. The Morgan fingerprint density at radius 2 is 1.77 bits per heavy atom. The maximum atomic E-state index is 13.3. The molecule has 4 rings (SSSR count). The third-order valence-electron chi connectivity index (χ3n) is 5.26. The van der Waals surface area contributed by atoms with E-state index in [1.54, 1.807) is 16.5 Å². The third-order valence-corrected chi connectivity index (χ3v) is 5.87. The summed E-state index contributed by atoms with van der Waals surface area (Å²) in [6.07, 6.45) is 0. The largest absolute Gasteiger partial charge is 0.332 e. The first kappa shape index (κ1) is 20.1. The van der Waals surface area contributed by atoms with Crippen LogP contribution < -0.4 is 16.1 Å². The van der Waals surface area contributed by atoms with Gasteiger partial charge in [-0.15, -0.1) is 0 Å². The SMILES string of the molecule is CCN(C(=O)Cn1c(Br)nc2c(=O)n(C)c(=O)n(C)c21)c1cccc2ccccc12. The first-order chi connectivity index (χ1) is 14.3. The molecule has 2 aromatic heterocycles. The van der Waals surface area contributed by atoms with Crippen molar-refractivity contribution >= 4 is 49.5 Å². The third kappa shape index (κ3) is 3.06. The van der Waals surface area contributed by atoms with Crippen LogP contribution in [0.15, 0.2) is 56.8 Å². The number of imidazole rings is 1. The molecule has 8 nitrogen and oxygen atoms in total. The molecule has 0 unspecified atom stereocenters. The van der Waals surface area contributed by atoms with E-state index in [9.17, 15) is 14.4 Å². The number of benzene rings is 2. The van der Waals surface area contributed by atoms with Gasteiger partial charge >= 0.3 is 5.69 Å². The van der Waals surface area contributed by atoms with E-state index in [0.29, 0.717) is 16.9 Å². The lowest BCUT2D eigenvalue weighted by molar-refractivity contribution is -0.119. The van der Waals surface area contributed by atoms with Gasteiger partial charge in [0, 0.05) is 26.0 Å². The van der Waals surface area contributed by atoms with Crippen LogP contribution in [0.25, 0.3) is 21.9 Å². The van der Waals surface area contributed by atoms with Crippen LogP contribution in [-0.2, 0) is 25.4 Å². The second-order valence-corrected chi connectivity index (χ2v) is 7.69. The van der Waals surface area contributed by atoms with E-state index in [1.807, 2.05) is 49.4 Å². The quantitative estimate of drug-likeness (QED) is 0.429. The van der Waals surface area contributed by atoms with E-state index in [1.165, 1.54) is 11.6 Å².